The Balaban J connectivity index is 2.19. The molecule has 0 N–H and O–H groups in total. The maximum absolute atomic E-state index is 14.2. The molecular formula is C18H14FN3O3S. The van der Waals surface area contributed by atoms with Gasteiger partial charge in [-0.3, -0.25) is 14.9 Å². The van der Waals surface area contributed by atoms with E-state index in [1.54, 1.807) is 22.8 Å². The number of allylic oxidation sites excluding steroid dienone is 1. The van der Waals surface area contributed by atoms with Crippen LogP contribution < -0.4 is 4.80 Å². The Labute approximate surface area is 151 Å². The molecule has 0 bridgehead atoms. The number of fused-ring (bicyclic) bond motifs is 1. The summed E-state index contributed by atoms with van der Waals surface area (Å²) in [4.78, 5) is 27.5. The SMILES string of the molecule is C=CCn1c(=NC(=O)c2cccc([N+](=O)[O-])c2C)sc2cccc(F)c21. The molecule has 132 valence electrons. The van der Waals surface area contributed by atoms with Gasteiger partial charge in [-0.2, -0.15) is 4.99 Å². The van der Waals surface area contributed by atoms with E-state index in [1.807, 2.05) is 0 Å². The smallest absolute Gasteiger partial charge is 0.280 e. The van der Waals surface area contributed by atoms with Gasteiger partial charge in [0.25, 0.3) is 11.6 Å². The lowest BCUT2D eigenvalue weighted by molar-refractivity contribution is -0.385. The lowest BCUT2D eigenvalue weighted by Gasteiger charge is -2.03. The fourth-order valence-corrected chi connectivity index (χ4v) is 3.72. The summed E-state index contributed by atoms with van der Waals surface area (Å²) in [6.45, 7) is 5.44. The molecular weight excluding hydrogens is 357 g/mol. The highest BCUT2D eigenvalue weighted by molar-refractivity contribution is 7.16. The van der Waals surface area contributed by atoms with E-state index in [0.29, 0.717) is 15.0 Å². The number of thiazole rings is 1. The van der Waals surface area contributed by atoms with Crippen LogP contribution in [0.25, 0.3) is 10.2 Å². The second-order valence-electron chi connectivity index (χ2n) is 5.49. The van der Waals surface area contributed by atoms with Gasteiger partial charge in [0.1, 0.15) is 5.82 Å². The van der Waals surface area contributed by atoms with E-state index in [0.717, 1.165) is 0 Å². The molecule has 1 aromatic heterocycles. The second-order valence-corrected chi connectivity index (χ2v) is 6.50. The average molecular weight is 371 g/mol. The fraction of sp³-hybridized carbons (Fsp3) is 0.111. The maximum Gasteiger partial charge on any atom is 0.280 e. The molecule has 0 aliphatic rings. The van der Waals surface area contributed by atoms with Crippen molar-refractivity contribution in [1.82, 2.24) is 4.57 Å². The first-order valence-electron chi connectivity index (χ1n) is 7.66. The number of nitrogens with zero attached hydrogens (tertiary/aromatic N) is 3. The van der Waals surface area contributed by atoms with Gasteiger partial charge in [-0.15, -0.1) is 6.58 Å². The van der Waals surface area contributed by atoms with Crippen LogP contribution in [0.3, 0.4) is 0 Å². The Bertz CT molecular complexity index is 1110. The van der Waals surface area contributed by atoms with E-state index < -0.39 is 16.6 Å². The highest BCUT2D eigenvalue weighted by atomic mass is 32.1. The van der Waals surface area contributed by atoms with Crippen molar-refractivity contribution in [3.63, 3.8) is 0 Å². The predicted octanol–water partition coefficient (Wildman–Crippen LogP) is 3.99. The van der Waals surface area contributed by atoms with Gasteiger partial charge in [0.2, 0.25) is 0 Å². The van der Waals surface area contributed by atoms with E-state index in [1.165, 1.54) is 42.5 Å². The Kier molecular flexibility index (Phi) is 4.77. The topological polar surface area (TPSA) is 77.5 Å². The molecule has 0 fully saturated rings. The molecule has 0 unspecified atom stereocenters. The van der Waals surface area contributed by atoms with Crippen LogP contribution in [-0.2, 0) is 6.54 Å². The van der Waals surface area contributed by atoms with Gasteiger partial charge < -0.3 is 4.57 Å². The molecule has 3 aromatic rings. The molecule has 0 radical (unpaired) electrons. The predicted molar refractivity (Wildman–Crippen MR) is 97.7 cm³/mol. The summed E-state index contributed by atoms with van der Waals surface area (Å²) < 4.78 is 16.4. The quantitative estimate of drug-likeness (QED) is 0.395. The highest BCUT2D eigenvalue weighted by Crippen LogP contribution is 2.23. The maximum atomic E-state index is 14.2. The first-order valence-corrected chi connectivity index (χ1v) is 8.47. The van der Waals surface area contributed by atoms with Gasteiger partial charge in [0.15, 0.2) is 4.80 Å². The molecule has 0 saturated carbocycles. The minimum absolute atomic E-state index is 0.141. The Hall–Kier alpha value is -3.13. The summed E-state index contributed by atoms with van der Waals surface area (Å²) in [5, 5.41) is 11.1. The fourth-order valence-electron chi connectivity index (χ4n) is 2.67. The molecule has 3 rings (SSSR count). The number of halogens is 1. The first kappa shape index (κ1) is 17.7. The number of hydrogen-bond acceptors (Lipinski definition) is 4. The van der Waals surface area contributed by atoms with Gasteiger partial charge >= 0.3 is 0 Å². The number of benzene rings is 2. The lowest BCUT2D eigenvalue weighted by Crippen LogP contribution is -2.17. The van der Waals surface area contributed by atoms with E-state index in [2.05, 4.69) is 11.6 Å². The monoisotopic (exact) mass is 371 g/mol. The number of aromatic nitrogens is 1. The van der Waals surface area contributed by atoms with Crippen molar-refractivity contribution in [3.05, 3.63) is 80.9 Å². The molecule has 26 heavy (non-hydrogen) atoms. The molecule has 2 aromatic carbocycles. The number of nitro benzene ring substituents is 1. The number of rotatable bonds is 4. The Morgan fingerprint density at radius 3 is 2.81 bits per heavy atom. The number of carbonyl (C=O) groups is 1. The largest absolute Gasteiger partial charge is 0.310 e. The Morgan fingerprint density at radius 2 is 2.12 bits per heavy atom. The minimum atomic E-state index is -0.615. The summed E-state index contributed by atoms with van der Waals surface area (Å²) in [5.41, 5.74) is 0.586. The van der Waals surface area contributed by atoms with Gasteiger partial charge in [-0.05, 0) is 25.1 Å². The molecule has 0 aliphatic heterocycles. The van der Waals surface area contributed by atoms with Crippen LogP contribution in [0.4, 0.5) is 10.1 Å². The van der Waals surface area contributed by atoms with Crippen molar-refractivity contribution in [2.24, 2.45) is 4.99 Å². The lowest BCUT2D eigenvalue weighted by atomic mass is 10.1. The van der Waals surface area contributed by atoms with E-state index in [-0.39, 0.29) is 23.4 Å². The van der Waals surface area contributed by atoms with Crippen LogP contribution in [0.2, 0.25) is 0 Å². The van der Waals surface area contributed by atoms with Crippen LogP contribution >= 0.6 is 11.3 Å². The number of para-hydroxylation sites is 1. The van der Waals surface area contributed by atoms with Crippen molar-refractivity contribution in [1.29, 1.82) is 0 Å². The number of amides is 1. The van der Waals surface area contributed by atoms with Crippen LogP contribution in [0, 0.1) is 22.9 Å². The van der Waals surface area contributed by atoms with Gasteiger partial charge in [-0.25, -0.2) is 4.39 Å². The molecule has 0 spiro atoms. The third-order valence-corrected chi connectivity index (χ3v) is 4.94. The minimum Gasteiger partial charge on any atom is -0.310 e. The van der Waals surface area contributed by atoms with Crippen molar-refractivity contribution >= 4 is 33.1 Å². The van der Waals surface area contributed by atoms with E-state index >= 15 is 0 Å². The van der Waals surface area contributed by atoms with Gasteiger partial charge in [-0.1, -0.05) is 29.5 Å². The zero-order valence-corrected chi connectivity index (χ0v) is 14.6. The zero-order chi connectivity index (χ0) is 18.8. The molecule has 0 atom stereocenters. The highest BCUT2D eigenvalue weighted by Gasteiger charge is 2.18. The van der Waals surface area contributed by atoms with Crippen LogP contribution in [0.15, 0.2) is 54.0 Å². The second kappa shape index (κ2) is 7.01. The average Bonchev–Trinajstić information content (AvgIpc) is 2.93. The van der Waals surface area contributed by atoms with E-state index in [9.17, 15) is 19.3 Å². The van der Waals surface area contributed by atoms with Gasteiger partial charge in [0, 0.05) is 18.2 Å². The number of carbonyl (C=O) groups excluding carboxylic acids is 1. The number of nitro groups is 1. The van der Waals surface area contributed by atoms with Crippen LogP contribution in [0.1, 0.15) is 15.9 Å². The Morgan fingerprint density at radius 1 is 1.38 bits per heavy atom. The van der Waals surface area contributed by atoms with Crippen molar-refractivity contribution in [3.8, 4) is 0 Å². The first-order chi connectivity index (χ1) is 12.4. The molecule has 8 heteroatoms. The summed E-state index contributed by atoms with van der Waals surface area (Å²) in [7, 11) is 0. The van der Waals surface area contributed by atoms with Crippen molar-refractivity contribution in [2.75, 3.05) is 0 Å². The van der Waals surface area contributed by atoms with Gasteiger partial charge in [0.05, 0.1) is 20.7 Å². The van der Waals surface area contributed by atoms with Crippen molar-refractivity contribution in [2.45, 2.75) is 13.5 Å². The van der Waals surface area contributed by atoms with E-state index in [4.69, 9.17) is 0 Å². The third-order valence-electron chi connectivity index (χ3n) is 3.89. The zero-order valence-electron chi connectivity index (χ0n) is 13.8. The summed E-state index contributed by atoms with van der Waals surface area (Å²) in [6.07, 6.45) is 1.58. The summed E-state index contributed by atoms with van der Waals surface area (Å²) in [5.74, 6) is -1.03. The number of hydrogen-bond donors (Lipinski definition) is 0. The molecule has 1 amide bonds. The molecule has 1 heterocycles. The van der Waals surface area contributed by atoms with Crippen LogP contribution in [0.5, 0.6) is 0 Å². The molecule has 0 saturated heterocycles. The normalized spacial score (nSPS) is 11.7. The summed E-state index contributed by atoms with van der Waals surface area (Å²) in [6, 6.07) is 8.92. The molecule has 6 nitrogen and oxygen atoms in total. The van der Waals surface area contributed by atoms with Crippen LogP contribution in [-0.4, -0.2) is 15.4 Å². The summed E-state index contributed by atoms with van der Waals surface area (Å²) >= 11 is 1.17. The molecule has 0 aliphatic carbocycles. The standard InChI is InChI=1S/C18H14FN3O3S/c1-3-10-21-16-13(19)7-5-9-15(16)26-18(21)20-17(23)12-6-4-8-14(11(12)2)22(24)25/h3-9H,1,10H2,2H3. The van der Waals surface area contributed by atoms with Crippen molar-refractivity contribution < 1.29 is 14.1 Å². The third kappa shape index (κ3) is 3.06.